The Morgan fingerprint density at radius 2 is 1.18 bits per heavy atom. The lowest BCUT2D eigenvalue weighted by molar-refractivity contribution is -0.870. The van der Waals surface area contributed by atoms with Crippen LogP contribution in [0.5, 0.6) is 0 Å². The Bertz CT molecular complexity index is 1220. The minimum atomic E-state index is -4.65. The normalized spacial score (nSPS) is 17.7. The van der Waals surface area contributed by atoms with Crippen LogP contribution < -0.4 is 4.89 Å². The minimum Gasteiger partial charge on any atom is -0.756 e. The van der Waals surface area contributed by atoms with Crippen LogP contribution in [0.15, 0.2) is 60.8 Å². The summed E-state index contributed by atoms with van der Waals surface area (Å²) >= 11 is 0. The molecule has 1 rings (SSSR count). The summed E-state index contributed by atoms with van der Waals surface area (Å²) in [6.07, 6.45) is 43.1. The first-order valence-electron chi connectivity index (χ1n) is 22.1. The van der Waals surface area contributed by atoms with Gasteiger partial charge in [0.2, 0.25) is 0 Å². The SMILES string of the molecule is CCCCCCCC/C=C\CCCCCCCC(=O)OCC(COP(=O)([O-])OCC[N+](C)(C)C)OC(=O)CCC/C=C\C/C=C\C/C=C\C/C=C\CC1OC1CC. The van der Waals surface area contributed by atoms with E-state index >= 15 is 0 Å². The Labute approximate surface area is 347 Å². The van der Waals surface area contributed by atoms with Crippen LogP contribution >= 0.6 is 7.82 Å². The fourth-order valence-corrected chi connectivity index (χ4v) is 6.60. The second-order valence-electron chi connectivity index (χ2n) is 16.1. The van der Waals surface area contributed by atoms with Gasteiger partial charge in [-0.3, -0.25) is 14.2 Å². The average molecular weight is 822 g/mol. The van der Waals surface area contributed by atoms with Crippen LogP contribution in [0.1, 0.15) is 155 Å². The standard InChI is InChI=1S/C46H80NO9P/c1-6-8-9-10-11-12-13-14-15-18-21-24-27-30-33-36-45(48)52-40-42(41-54-57(50,51)53-39-38-47(3,4)5)55-46(49)37-34-31-28-25-22-19-16-17-20-23-26-29-32-35-44-43(7-2)56-44/h14-16,19-20,23,25,28-29,32,42-44H,6-13,17-18,21-22,24,26-27,30-31,33-41H2,1-5H3/b15-14-,19-16-,23-20-,28-25-,32-29-. The number of likely N-dealkylation sites (N-methyl/N-ethyl adjacent to an activating group) is 1. The monoisotopic (exact) mass is 822 g/mol. The number of rotatable bonds is 38. The van der Waals surface area contributed by atoms with Crippen LogP contribution in [-0.2, 0) is 37.4 Å². The molecule has 11 heteroatoms. The van der Waals surface area contributed by atoms with Crippen molar-refractivity contribution in [3.8, 4) is 0 Å². The van der Waals surface area contributed by atoms with Gasteiger partial charge in [0.15, 0.2) is 6.10 Å². The van der Waals surface area contributed by atoms with Crippen molar-refractivity contribution in [2.24, 2.45) is 0 Å². The van der Waals surface area contributed by atoms with Gasteiger partial charge >= 0.3 is 11.9 Å². The summed E-state index contributed by atoms with van der Waals surface area (Å²) in [6, 6.07) is 0. The van der Waals surface area contributed by atoms with E-state index in [2.05, 4.69) is 68.5 Å². The Morgan fingerprint density at radius 1 is 0.649 bits per heavy atom. The molecule has 0 aliphatic carbocycles. The zero-order valence-electron chi connectivity index (χ0n) is 36.5. The van der Waals surface area contributed by atoms with Crippen molar-refractivity contribution in [1.29, 1.82) is 0 Å². The van der Waals surface area contributed by atoms with Gasteiger partial charge in [0.05, 0.1) is 40.0 Å². The van der Waals surface area contributed by atoms with E-state index in [-0.39, 0.29) is 26.1 Å². The minimum absolute atomic E-state index is 0.0471. The maximum absolute atomic E-state index is 12.7. The third kappa shape index (κ3) is 35.3. The van der Waals surface area contributed by atoms with Crippen LogP contribution in [0.3, 0.4) is 0 Å². The second-order valence-corrected chi connectivity index (χ2v) is 17.5. The Morgan fingerprint density at radius 3 is 1.77 bits per heavy atom. The Kier molecular flexibility index (Phi) is 31.9. The van der Waals surface area contributed by atoms with E-state index in [1.54, 1.807) is 0 Å². The average Bonchev–Trinajstić information content (AvgIpc) is 3.93. The summed E-state index contributed by atoms with van der Waals surface area (Å²) in [7, 11) is 1.11. The molecule has 0 radical (unpaired) electrons. The quantitative estimate of drug-likeness (QED) is 0.0149. The van der Waals surface area contributed by atoms with Crippen molar-refractivity contribution in [1.82, 2.24) is 0 Å². The molecular formula is C46H80NO9P. The summed E-state index contributed by atoms with van der Waals surface area (Å²) < 4.78 is 39.4. The van der Waals surface area contributed by atoms with E-state index in [4.69, 9.17) is 23.3 Å². The first-order chi connectivity index (χ1) is 27.5. The molecule has 328 valence electrons. The molecule has 4 unspecified atom stereocenters. The molecule has 1 aliphatic rings. The molecule has 0 bridgehead atoms. The van der Waals surface area contributed by atoms with E-state index in [9.17, 15) is 19.0 Å². The van der Waals surface area contributed by atoms with E-state index in [1.807, 2.05) is 27.2 Å². The van der Waals surface area contributed by atoms with Crippen molar-refractivity contribution in [3.05, 3.63) is 60.8 Å². The number of allylic oxidation sites excluding steroid dienone is 9. The molecular weight excluding hydrogens is 741 g/mol. The largest absolute Gasteiger partial charge is 0.756 e. The van der Waals surface area contributed by atoms with Crippen LogP contribution in [0.2, 0.25) is 0 Å². The third-order valence-corrected chi connectivity index (χ3v) is 10.5. The van der Waals surface area contributed by atoms with Crippen molar-refractivity contribution in [2.75, 3.05) is 47.5 Å². The highest BCUT2D eigenvalue weighted by molar-refractivity contribution is 7.45. The summed E-state index contributed by atoms with van der Waals surface area (Å²) in [4.78, 5) is 37.5. The number of epoxide rings is 1. The van der Waals surface area contributed by atoms with Gasteiger partial charge in [-0.15, -0.1) is 0 Å². The number of unbranched alkanes of at least 4 members (excludes halogenated alkanes) is 12. The summed E-state index contributed by atoms with van der Waals surface area (Å²) in [5, 5.41) is 0. The molecule has 0 aromatic heterocycles. The third-order valence-electron chi connectivity index (χ3n) is 9.49. The zero-order chi connectivity index (χ0) is 41.9. The first-order valence-corrected chi connectivity index (χ1v) is 23.6. The molecule has 10 nitrogen and oxygen atoms in total. The predicted octanol–water partition coefficient (Wildman–Crippen LogP) is 10.8. The van der Waals surface area contributed by atoms with Gasteiger partial charge < -0.3 is 32.6 Å². The molecule has 0 saturated carbocycles. The molecule has 1 heterocycles. The zero-order valence-corrected chi connectivity index (χ0v) is 37.4. The number of carbonyl (C=O) groups excluding carboxylic acids is 2. The van der Waals surface area contributed by atoms with Crippen molar-refractivity contribution < 1.29 is 46.8 Å². The maximum atomic E-state index is 12.7. The molecule has 0 aromatic carbocycles. The van der Waals surface area contributed by atoms with E-state index in [1.165, 1.54) is 44.9 Å². The topological polar surface area (TPSA) is 124 Å². The van der Waals surface area contributed by atoms with Crippen LogP contribution in [0.25, 0.3) is 0 Å². The lowest BCUT2D eigenvalue weighted by Gasteiger charge is -2.28. The van der Waals surface area contributed by atoms with Gasteiger partial charge in [0.1, 0.15) is 19.8 Å². The van der Waals surface area contributed by atoms with Crippen LogP contribution in [-0.4, -0.2) is 82.2 Å². The lowest BCUT2D eigenvalue weighted by Crippen LogP contribution is -2.37. The number of hydrogen-bond donors (Lipinski definition) is 0. The van der Waals surface area contributed by atoms with Gasteiger partial charge in [-0.05, 0) is 77.0 Å². The molecule has 1 saturated heterocycles. The Balaban J connectivity index is 2.32. The molecule has 4 atom stereocenters. The van der Waals surface area contributed by atoms with E-state index in [0.29, 0.717) is 42.5 Å². The number of quaternary nitrogens is 1. The van der Waals surface area contributed by atoms with E-state index < -0.39 is 32.5 Å². The summed E-state index contributed by atoms with van der Waals surface area (Å²) in [5.41, 5.74) is 0. The number of phosphoric acid groups is 1. The van der Waals surface area contributed by atoms with Crippen LogP contribution in [0, 0.1) is 0 Å². The number of phosphoric ester groups is 1. The second kappa shape index (κ2) is 34.5. The van der Waals surface area contributed by atoms with Gasteiger partial charge in [-0.25, -0.2) is 0 Å². The van der Waals surface area contributed by atoms with Crippen molar-refractivity contribution >= 4 is 19.8 Å². The number of ether oxygens (including phenoxy) is 3. The summed E-state index contributed by atoms with van der Waals surface area (Å²) in [6.45, 7) is 4.03. The van der Waals surface area contributed by atoms with E-state index in [0.717, 1.165) is 64.2 Å². The molecule has 0 N–H and O–H groups in total. The van der Waals surface area contributed by atoms with Gasteiger partial charge in [-0.2, -0.15) is 0 Å². The number of hydrogen-bond acceptors (Lipinski definition) is 9. The van der Waals surface area contributed by atoms with Gasteiger partial charge in [0, 0.05) is 12.8 Å². The number of esters is 2. The highest BCUT2D eigenvalue weighted by Crippen LogP contribution is 2.38. The molecule has 0 amide bonds. The highest BCUT2D eigenvalue weighted by atomic mass is 31.2. The van der Waals surface area contributed by atoms with Gasteiger partial charge in [0.25, 0.3) is 7.82 Å². The molecule has 1 aliphatic heterocycles. The fraction of sp³-hybridized carbons (Fsp3) is 0.739. The van der Waals surface area contributed by atoms with Crippen molar-refractivity contribution in [3.63, 3.8) is 0 Å². The maximum Gasteiger partial charge on any atom is 0.306 e. The molecule has 0 aromatic rings. The van der Waals surface area contributed by atoms with Crippen LogP contribution in [0.4, 0.5) is 0 Å². The first kappa shape index (κ1) is 52.7. The van der Waals surface area contributed by atoms with Crippen molar-refractivity contribution in [2.45, 2.75) is 173 Å². The summed E-state index contributed by atoms with van der Waals surface area (Å²) in [5.74, 6) is -0.921. The highest BCUT2D eigenvalue weighted by Gasteiger charge is 2.35. The Hall–Kier alpha value is -2.33. The lowest BCUT2D eigenvalue weighted by atomic mass is 10.1. The smallest absolute Gasteiger partial charge is 0.306 e. The molecule has 1 fully saturated rings. The molecule has 0 spiro atoms. The fourth-order valence-electron chi connectivity index (χ4n) is 5.87. The molecule has 57 heavy (non-hydrogen) atoms. The number of nitrogens with zero attached hydrogens (tertiary/aromatic N) is 1. The van der Waals surface area contributed by atoms with Gasteiger partial charge in [-0.1, -0.05) is 126 Å². The predicted molar refractivity (Wildman–Crippen MR) is 231 cm³/mol. The number of carbonyl (C=O) groups is 2.